The van der Waals surface area contributed by atoms with Crippen LogP contribution in [0.3, 0.4) is 0 Å². The fourth-order valence-corrected chi connectivity index (χ4v) is 1.91. The highest BCUT2D eigenvalue weighted by atomic mass is 14.1. The zero-order chi connectivity index (χ0) is 9.26. The molecule has 0 heterocycles. The molecule has 0 bridgehead atoms. The standard InChI is InChI=1S/C13H16/c1-10(2)8-11-6-7-12-4-3-5-13(12)9-11/h3-4,6-7,9-10H,5,8H2,1-2H3. The molecular weight excluding hydrogens is 156 g/mol. The van der Waals surface area contributed by atoms with Crippen molar-refractivity contribution >= 4 is 6.08 Å². The Morgan fingerprint density at radius 1 is 1.31 bits per heavy atom. The summed E-state index contributed by atoms with van der Waals surface area (Å²) in [7, 11) is 0. The largest absolute Gasteiger partial charge is 0.0795 e. The summed E-state index contributed by atoms with van der Waals surface area (Å²) in [4.78, 5) is 0. The average Bonchev–Trinajstić information content (AvgIpc) is 2.49. The smallest absolute Gasteiger partial charge is 0.00881 e. The second-order valence-corrected chi connectivity index (χ2v) is 4.24. The lowest BCUT2D eigenvalue weighted by Gasteiger charge is -2.06. The lowest BCUT2D eigenvalue weighted by atomic mass is 9.99. The van der Waals surface area contributed by atoms with Gasteiger partial charge in [-0.1, -0.05) is 44.2 Å². The van der Waals surface area contributed by atoms with Gasteiger partial charge in [-0.3, -0.25) is 0 Å². The summed E-state index contributed by atoms with van der Waals surface area (Å²) in [6, 6.07) is 6.86. The van der Waals surface area contributed by atoms with Gasteiger partial charge in [0.25, 0.3) is 0 Å². The first-order valence-corrected chi connectivity index (χ1v) is 5.04. The van der Waals surface area contributed by atoms with Gasteiger partial charge in [-0.15, -0.1) is 0 Å². The monoisotopic (exact) mass is 172 g/mol. The van der Waals surface area contributed by atoms with Crippen LogP contribution in [0.5, 0.6) is 0 Å². The Kier molecular flexibility index (Phi) is 2.22. The van der Waals surface area contributed by atoms with Gasteiger partial charge in [-0.2, -0.15) is 0 Å². The topological polar surface area (TPSA) is 0 Å². The van der Waals surface area contributed by atoms with E-state index in [1.54, 1.807) is 0 Å². The van der Waals surface area contributed by atoms with Crippen LogP contribution in [0.15, 0.2) is 24.3 Å². The van der Waals surface area contributed by atoms with Crippen LogP contribution in [0.1, 0.15) is 30.5 Å². The first kappa shape index (κ1) is 8.55. The van der Waals surface area contributed by atoms with Gasteiger partial charge in [0.05, 0.1) is 0 Å². The number of hydrogen-bond donors (Lipinski definition) is 0. The fourth-order valence-electron chi connectivity index (χ4n) is 1.91. The van der Waals surface area contributed by atoms with Gasteiger partial charge in [-0.25, -0.2) is 0 Å². The minimum absolute atomic E-state index is 0.757. The molecule has 0 N–H and O–H groups in total. The minimum atomic E-state index is 0.757. The van der Waals surface area contributed by atoms with Gasteiger partial charge < -0.3 is 0 Å². The number of hydrogen-bond acceptors (Lipinski definition) is 0. The van der Waals surface area contributed by atoms with Crippen molar-refractivity contribution in [1.29, 1.82) is 0 Å². The van der Waals surface area contributed by atoms with Crippen molar-refractivity contribution in [3.8, 4) is 0 Å². The molecule has 13 heavy (non-hydrogen) atoms. The quantitative estimate of drug-likeness (QED) is 0.641. The molecule has 0 nitrogen and oxygen atoms in total. The van der Waals surface area contributed by atoms with E-state index in [9.17, 15) is 0 Å². The van der Waals surface area contributed by atoms with Crippen LogP contribution in [-0.4, -0.2) is 0 Å². The van der Waals surface area contributed by atoms with Crippen molar-refractivity contribution in [2.75, 3.05) is 0 Å². The van der Waals surface area contributed by atoms with Crippen LogP contribution in [0.2, 0.25) is 0 Å². The van der Waals surface area contributed by atoms with E-state index in [0.717, 1.165) is 12.3 Å². The minimum Gasteiger partial charge on any atom is -0.0795 e. The molecule has 0 aromatic heterocycles. The van der Waals surface area contributed by atoms with Gasteiger partial charge in [0.15, 0.2) is 0 Å². The van der Waals surface area contributed by atoms with Crippen molar-refractivity contribution in [3.63, 3.8) is 0 Å². The Balaban J connectivity index is 2.23. The van der Waals surface area contributed by atoms with Crippen LogP contribution >= 0.6 is 0 Å². The molecule has 0 amide bonds. The lowest BCUT2D eigenvalue weighted by molar-refractivity contribution is 0.647. The van der Waals surface area contributed by atoms with Crippen molar-refractivity contribution in [3.05, 3.63) is 41.0 Å². The first-order chi connectivity index (χ1) is 6.25. The van der Waals surface area contributed by atoms with Crippen LogP contribution in [0, 0.1) is 5.92 Å². The molecule has 0 aliphatic heterocycles. The Hall–Kier alpha value is -1.04. The molecule has 2 rings (SSSR count). The summed E-state index contributed by atoms with van der Waals surface area (Å²) in [6.07, 6.45) is 6.78. The van der Waals surface area contributed by atoms with Gasteiger partial charge in [0.2, 0.25) is 0 Å². The van der Waals surface area contributed by atoms with Crippen molar-refractivity contribution in [2.45, 2.75) is 26.7 Å². The van der Waals surface area contributed by atoms with Crippen LogP contribution in [0.25, 0.3) is 6.08 Å². The van der Waals surface area contributed by atoms with E-state index in [-0.39, 0.29) is 0 Å². The highest BCUT2D eigenvalue weighted by Crippen LogP contribution is 2.21. The highest BCUT2D eigenvalue weighted by molar-refractivity contribution is 5.60. The molecule has 0 saturated carbocycles. The number of rotatable bonds is 2. The summed E-state index contributed by atoms with van der Waals surface area (Å²) >= 11 is 0. The fraction of sp³-hybridized carbons (Fsp3) is 0.385. The molecule has 0 atom stereocenters. The van der Waals surface area contributed by atoms with E-state index in [2.05, 4.69) is 44.2 Å². The van der Waals surface area contributed by atoms with Crippen molar-refractivity contribution in [2.24, 2.45) is 5.92 Å². The molecule has 1 aliphatic carbocycles. The predicted octanol–water partition coefficient (Wildman–Crippen LogP) is 3.45. The summed E-state index contributed by atoms with van der Waals surface area (Å²) < 4.78 is 0. The third-order valence-corrected chi connectivity index (χ3v) is 2.49. The predicted molar refractivity (Wildman–Crippen MR) is 57.7 cm³/mol. The zero-order valence-electron chi connectivity index (χ0n) is 8.38. The molecule has 0 heteroatoms. The van der Waals surface area contributed by atoms with E-state index in [1.165, 1.54) is 23.1 Å². The number of benzene rings is 1. The maximum Gasteiger partial charge on any atom is -0.00881 e. The Morgan fingerprint density at radius 2 is 2.15 bits per heavy atom. The molecule has 1 aromatic rings. The third kappa shape index (κ3) is 1.82. The van der Waals surface area contributed by atoms with Crippen LogP contribution in [-0.2, 0) is 12.8 Å². The molecule has 1 aliphatic rings. The van der Waals surface area contributed by atoms with Gasteiger partial charge >= 0.3 is 0 Å². The number of allylic oxidation sites excluding steroid dienone is 1. The normalized spacial score (nSPS) is 13.8. The molecule has 0 spiro atoms. The molecule has 1 aromatic carbocycles. The zero-order valence-corrected chi connectivity index (χ0v) is 8.38. The van der Waals surface area contributed by atoms with Gasteiger partial charge in [0, 0.05) is 0 Å². The Labute approximate surface area is 80.3 Å². The summed E-state index contributed by atoms with van der Waals surface area (Å²) in [5.41, 5.74) is 4.39. The SMILES string of the molecule is CC(C)Cc1ccc2c(c1)CC=C2. The van der Waals surface area contributed by atoms with Crippen LogP contribution in [0.4, 0.5) is 0 Å². The Morgan fingerprint density at radius 3 is 2.92 bits per heavy atom. The van der Waals surface area contributed by atoms with E-state index in [0.29, 0.717) is 0 Å². The summed E-state index contributed by atoms with van der Waals surface area (Å²) in [6.45, 7) is 4.54. The molecule has 0 saturated heterocycles. The highest BCUT2D eigenvalue weighted by Gasteiger charge is 2.05. The van der Waals surface area contributed by atoms with Gasteiger partial charge in [-0.05, 0) is 35.4 Å². The molecular formula is C13H16. The molecule has 0 unspecified atom stereocenters. The summed E-state index contributed by atoms with van der Waals surface area (Å²) in [5, 5.41) is 0. The van der Waals surface area contributed by atoms with E-state index in [1.807, 2.05) is 0 Å². The number of fused-ring (bicyclic) bond motifs is 1. The first-order valence-electron chi connectivity index (χ1n) is 5.04. The molecule has 0 radical (unpaired) electrons. The van der Waals surface area contributed by atoms with E-state index < -0.39 is 0 Å². The van der Waals surface area contributed by atoms with Crippen molar-refractivity contribution < 1.29 is 0 Å². The second kappa shape index (κ2) is 3.37. The average molecular weight is 172 g/mol. The van der Waals surface area contributed by atoms with Crippen LogP contribution < -0.4 is 0 Å². The molecule has 0 fully saturated rings. The van der Waals surface area contributed by atoms with E-state index in [4.69, 9.17) is 0 Å². The summed E-state index contributed by atoms with van der Waals surface area (Å²) in [5.74, 6) is 0.757. The van der Waals surface area contributed by atoms with Crippen molar-refractivity contribution in [1.82, 2.24) is 0 Å². The lowest BCUT2D eigenvalue weighted by Crippen LogP contribution is -1.95. The van der Waals surface area contributed by atoms with Gasteiger partial charge in [0.1, 0.15) is 0 Å². The maximum absolute atomic E-state index is 2.36. The third-order valence-electron chi connectivity index (χ3n) is 2.49. The maximum atomic E-state index is 2.36. The Bertz CT molecular complexity index is 332. The molecule has 68 valence electrons. The van der Waals surface area contributed by atoms with E-state index >= 15 is 0 Å². The second-order valence-electron chi connectivity index (χ2n) is 4.24.